The summed E-state index contributed by atoms with van der Waals surface area (Å²) in [5.74, 6) is 4.40. The Labute approximate surface area is 182 Å². The smallest absolute Gasteiger partial charge is 0.239 e. The lowest BCUT2D eigenvalue weighted by atomic mass is 10.0. The van der Waals surface area contributed by atoms with E-state index < -0.39 is 0 Å². The Kier molecular flexibility index (Phi) is 4.11. The van der Waals surface area contributed by atoms with Crippen LogP contribution in [0, 0.1) is 6.92 Å². The van der Waals surface area contributed by atoms with Gasteiger partial charge in [-0.3, -0.25) is 14.7 Å². The summed E-state index contributed by atoms with van der Waals surface area (Å²) >= 11 is 0. The highest BCUT2D eigenvalue weighted by Crippen LogP contribution is 2.57. The van der Waals surface area contributed by atoms with Gasteiger partial charge in [0.2, 0.25) is 11.9 Å². The molecule has 0 radical (unpaired) electrons. The molecule has 3 aromatic rings. The van der Waals surface area contributed by atoms with E-state index in [2.05, 4.69) is 26.5 Å². The molecule has 2 unspecified atom stereocenters. The van der Waals surface area contributed by atoms with E-state index in [0.29, 0.717) is 22.6 Å². The van der Waals surface area contributed by atoms with Gasteiger partial charge in [0, 0.05) is 18.2 Å². The van der Waals surface area contributed by atoms with Crippen LogP contribution in [0.3, 0.4) is 0 Å². The number of rotatable bonds is 4. The summed E-state index contributed by atoms with van der Waals surface area (Å²) in [6.45, 7) is 1.99. The molecule has 2 atom stereocenters. The summed E-state index contributed by atoms with van der Waals surface area (Å²) in [4.78, 5) is 33.1. The topological polar surface area (TPSA) is 97.0 Å². The Bertz CT molecular complexity index is 1180. The SMILES string of the molecule is Cc1cc(-c2cnco2)ncc1Nc1ncc2c(n1)N(C1CC[S+](C)C1)C(=O)C21CC1. The van der Waals surface area contributed by atoms with Crippen molar-refractivity contribution in [1.82, 2.24) is 19.9 Å². The van der Waals surface area contributed by atoms with E-state index in [0.717, 1.165) is 53.3 Å². The van der Waals surface area contributed by atoms with Gasteiger partial charge in [-0.15, -0.1) is 0 Å². The number of amides is 1. The number of aromatic nitrogens is 4. The quantitative estimate of drug-likeness (QED) is 0.629. The number of nitrogens with zero attached hydrogens (tertiary/aromatic N) is 5. The third-order valence-electron chi connectivity index (χ3n) is 6.57. The summed E-state index contributed by atoms with van der Waals surface area (Å²) in [7, 11) is 0.377. The first-order valence-corrected chi connectivity index (χ1v) is 12.5. The summed E-state index contributed by atoms with van der Waals surface area (Å²) in [6, 6.07) is 2.19. The fourth-order valence-corrected chi connectivity index (χ4v) is 6.48. The van der Waals surface area contributed by atoms with Crippen molar-refractivity contribution < 1.29 is 9.21 Å². The van der Waals surface area contributed by atoms with Crippen molar-refractivity contribution in [1.29, 1.82) is 0 Å². The Balaban J connectivity index is 1.32. The predicted octanol–water partition coefficient (Wildman–Crippen LogP) is 2.98. The van der Waals surface area contributed by atoms with Crippen LogP contribution in [0.25, 0.3) is 11.5 Å². The highest BCUT2D eigenvalue weighted by molar-refractivity contribution is 7.96. The van der Waals surface area contributed by atoms with Crippen molar-refractivity contribution in [2.24, 2.45) is 0 Å². The summed E-state index contributed by atoms with van der Waals surface area (Å²) in [5.41, 5.74) is 3.17. The van der Waals surface area contributed by atoms with Crippen LogP contribution >= 0.6 is 0 Å². The molecule has 3 aromatic heterocycles. The van der Waals surface area contributed by atoms with Crippen LogP contribution in [-0.4, -0.2) is 49.6 Å². The molecule has 1 amide bonds. The van der Waals surface area contributed by atoms with Gasteiger partial charge in [-0.05, 0) is 42.3 Å². The van der Waals surface area contributed by atoms with Gasteiger partial charge in [0.25, 0.3) is 0 Å². The first-order valence-electron chi connectivity index (χ1n) is 10.5. The van der Waals surface area contributed by atoms with Crippen molar-refractivity contribution in [3.05, 3.63) is 42.2 Å². The second kappa shape index (κ2) is 6.78. The largest absolute Gasteiger partial charge is 0.442 e. The molecule has 0 bridgehead atoms. The Morgan fingerprint density at radius 2 is 2.13 bits per heavy atom. The van der Waals surface area contributed by atoms with E-state index in [1.54, 1.807) is 12.4 Å². The molecular formula is C22H23N6O2S+. The van der Waals surface area contributed by atoms with Gasteiger partial charge in [-0.25, -0.2) is 9.97 Å². The lowest BCUT2D eigenvalue weighted by Gasteiger charge is -2.22. The minimum Gasteiger partial charge on any atom is -0.442 e. The minimum atomic E-state index is -0.362. The maximum atomic E-state index is 13.3. The molecule has 2 aliphatic heterocycles. The van der Waals surface area contributed by atoms with Crippen LogP contribution < -0.4 is 10.2 Å². The van der Waals surface area contributed by atoms with Gasteiger partial charge < -0.3 is 9.73 Å². The zero-order valence-electron chi connectivity index (χ0n) is 17.5. The number of aryl methyl sites for hydroxylation is 1. The highest BCUT2D eigenvalue weighted by Gasteiger charge is 2.62. The first-order chi connectivity index (χ1) is 15.0. The molecule has 6 rings (SSSR count). The Hall–Kier alpha value is -2.94. The predicted molar refractivity (Wildman–Crippen MR) is 120 cm³/mol. The number of anilines is 3. The maximum absolute atomic E-state index is 13.3. The minimum absolute atomic E-state index is 0.229. The van der Waals surface area contributed by atoms with Crippen LogP contribution in [0.5, 0.6) is 0 Å². The number of oxazole rings is 1. The van der Waals surface area contributed by atoms with Gasteiger partial charge in [-0.2, -0.15) is 4.98 Å². The maximum Gasteiger partial charge on any atom is 0.239 e. The number of pyridine rings is 1. The molecule has 1 spiro atoms. The molecule has 158 valence electrons. The van der Waals surface area contributed by atoms with Gasteiger partial charge in [0.1, 0.15) is 23.0 Å². The van der Waals surface area contributed by atoms with Gasteiger partial charge in [0.05, 0.1) is 35.8 Å². The van der Waals surface area contributed by atoms with E-state index >= 15 is 0 Å². The van der Waals surface area contributed by atoms with Crippen molar-refractivity contribution in [2.45, 2.75) is 37.6 Å². The fourth-order valence-electron chi connectivity index (χ4n) is 4.66. The monoisotopic (exact) mass is 435 g/mol. The van der Waals surface area contributed by atoms with Gasteiger partial charge in [0.15, 0.2) is 12.2 Å². The lowest BCUT2D eigenvalue weighted by molar-refractivity contribution is -0.120. The summed E-state index contributed by atoms with van der Waals surface area (Å²) in [6.07, 6.45) is 11.8. The van der Waals surface area contributed by atoms with Crippen molar-refractivity contribution >= 4 is 34.3 Å². The molecule has 1 aliphatic carbocycles. The Morgan fingerprint density at radius 1 is 1.26 bits per heavy atom. The highest BCUT2D eigenvalue weighted by atomic mass is 32.2. The van der Waals surface area contributed by atoms with Crippen molar-refractivity contribution in [3.8, 4) is 11.5 Å². The standard InChI is InChI=1S/C22H23N6O2S/c1-13-7-16(18-10-23-12-30-18)24-9-17(13)26-21-25-8-15-19(27-21)28(14-3-6-31(2)11-14)20(29)22(15)4-5-22/h7-10,12,14H,3-6,11H2,1-2H3,(H,25,26,27)/q+1. The third kappa shape index (κ3) is 2.94. The summed E-state index contributed by atoms with van der Waals surface area (Å²) in [5, 5.41) is 3.29. The zero-order chi connectivity index (χ0) is 21.2. The zero-order valence-corrected chi connectivity index (χ0v) is 18.3. The number of hydrogen-bond donors (Lipinski definition) is 1. The van der Waals surface area contributed by atoms with E-state index in [1.165, 1.54) is 12.1 Å². The van der Waals surface area contributed by atoms with E-state index in [-0.39, 0.29) is 17.4 Å². The van der Waals surface area contributed by atoms with Crippen molar-refractivity contribution in [3.63, 3.8) is 0 Å². The number of carbonyl (C=O) groups is 1. The summed E-state index contributed by atoms with van der Waals surface area (Å²) < 4.78 is 5.33. The second-order valence-electron chi connectivity index (χ2n) is 8.66. The molecule has 1 saturated carbocycles. The van der Waals surface area contributed by atoms with Crippen LogP contribution in [0.4, 0.5) is 17.5 Å². The molecule has 1 saturated heterocycles. The third-order valence-corrected chi connectivity index (χ3v) is 8.46. The molecule has 2 fully saturated rings. The van der Waals surface area contributed by atoms with Crippen LogP contribution in [-0.2, 0) is 21.1 Å². The average Bonchev–Trinajstić information content (AvgIpc) is 3.07. The van der Waals surface area contributed by atoms with Crippen molar-refractivity contribution in [2.75, 3.05) is 28.0 Å². The molecule has 8 nitrogen and oxygen atoms in total. The molecule has 3 aliphatic rings. The average molecular weight is 436 g/mol. The fraction of sp³-hybridized carbons (Fsp3) is 0.409. The molecule has 31 heavy (non-hydrogen) atoms. The molecule has 9 heteroatoms. The molecule has 1 N–H and O–H groups in total. The molecular weight excluding hydrogens is 412 g/mol. The number of carbonyl (C=O) groups excluding carboxylic acids is 1. The van der Waals surface area contributed by atoms with Gasteiger partial charge >= 0.3 is 0 Å². The van der Waals surface area contributed by atoms with Crippen LogP contribution in [0.15, 0.2) is 35.5 Å². The van der Waals surface area contributed by atoms with Gasteiger partial charge in [-0.1, -0.05) is 0 Å². The number of nitrogens with one attached hydrogen (secondary N) is 1. The normalized spacial score (nSPS) is 23.4. The Morgan fingerprint density at radius 3 is 2.81 bits per heavy atom. The second-order valence-corrected chi connectivity index (χ2v) is 11.0. The van der Waals surface area contributed by atoms with E-state index in [1.807, 2.05) is 24.1 Å². The molecule has 5 heterocycles. The van der Waals surface area contributed by atoms with Crippen LogP contribution in [0.1, 0.15) is 30.4 Å². The van der Waals surface area contributed by atoms with Crippen LogP contribution in [0.2, 0.25) is 0 Å². The number of hydrogen-bond acceptors (Lipinski definition) is 7. The van der Waals surface area contributed by atoms with E-state index in [9.17, 15) is 4.79 Å². The first kappa shape index (κ1) is 18.8. The number of fused-ring (bicyclic) bond motifs is 2. The lowest BCUT2D eigenvalue weighted by Crippen LogP contribution is -2.41. The van der Waals surface area contributed by atoms with E-state index in [4.69, 9.17) is 9.40 Å². The molecule has 0 aromatic carbocycles.